The molecule has 0 aliphatic heterocycles. The smallest absolute Gasteiger partial charge is 0.307 e. The second-order valence-corrected chi connectivity index (χ2v) is 6.67. The van der Waals surface area contributed by atoms with E-state index in [4.69, 9.17) is 5.11 Å². The third-order valence-corrected chi connectivity index (χ3v) is 4.79. The molecule has 0 amide bonds. The van der Waals surface area contributed by atoms with Gasteiger partial charge in [-0.15, -0.1) is 0 Å². The molecule has 132 valence electrons. The number of rotatable bonds is 6. The molecule has 1 aliphatic rings. The van der Waals surface area contributed by atoms with Crippen LogP contribution < -0.4 is 5.32 Å². The number of aryl methyl sites for hydroxylation is 1. The number of carboxylic acid groups (broad SMARTS) is 1. The van der Waals surface area contributed by atoms with Crippen molar-refractivity contribution in [3.8, 4) is 11.3 Å². The zero-order valence-electron chi connectivity index (χ0n) is 14.5. The predicted octanol–water partition coefficient (Wildman–Crippen LogP) is 3.28. The average Bonchev–Trinajstić information content (AvgIpc) is 3.38. The minimum atomic E-state index is -0.697. The maximum absolute atomic E-state index is 11.0. The monoisotopic (exact) mass is 348 g/mol. The summed E-state index contributed by atoms with van der Waals surface area (Å²) < 4.78 is 1.81. The molecule has 6 heteroatoms. The first-order valence-corrected chi connectivity index (χ1v) is 8.61. The Bertz CT molecular complexity index is 919. The van der Waals surface area contributed by atoms with Gasteiger partial charge in [0.05, 0.1) is 11.6 Å². The molecule has 1 aliphatic carbocycles. The van der Waals surface area contributed by atoms with Crippen LogP contribution in [0.25, 0.3) is 11.3 Å². The van der Waals surface area contributed by atoms with Crippen LogP contribution >= 0.6 is 0 Å². The average molecular weight is 348 g/mol. The zero-order valence-corrected chi connectivity index (χ0v) is 14.5. The molecule has 3 aromatic rings. The Kier molecular flexibility index (Phi) is 4.16. The summed E-state index contributed by atoms with van der Waals surface area (Å²) >= 11 is 0. The number of hydrogen-bond acceptors (Lipinski definition) is 4. The van der Waals surface area contributed by atoms with E-state index in [0.29, 0.717) is 6.54 Å². The third-order valence-electron chi connectivity index (χ3n) is 4.79. The number of nitrogens with one attached hydrogen (secondary N) is 1. The van der Waals surface area contributed by atoms with E-state index in [1.165, 1.54) is 0 Å². The highest BCUT2D eigenvalue weighted by molar-refractivity contribution is 5.75. The standard InChI is InChI=1S/C20H20N4O2/c1-24-12-15(19(23-24)14-6-8-21-9-7-14)11-22-16-4-2-13(3-5-16)17-10-18(17)20(25)26/h2-9,12,17-18,22H,10-11H2,1H3,(H,25,26)/t17-,18+/m0/s1. The van der Waals surface area contributed by atoms with E-state index in [9.17, 15) is 4.79 Å². The summed E-state index contributed by atoms with van der Waals surface area (Å²) in [6, 6.07) is 12.0. The maximum atomic E-state index is 11.0. The van der Waals surface area contributed by atoms with Gasteiger partial charge in [0, 0.05) is 49.0 Å². The molecule has 2 N–H and O–H groups in total. The van der Waals surface area contributed by atoms with E-state index in [0.717, 1.165) is 34.5 Å². The normalized spacial score (nSPS) is 18.5. The van der Waals surface area contributed by atoms with E-state index in [-0.39, 0.29) is 11.8 Å². The Morgan fingerprint density at radius 2 is 1.96 bits per heavy atom. The van der Waals surface area contributed by atoms with Crippen LogP contribution in [-0.4, -0.2) is 25.8 Å². The predicted molar refractivity (Wildman–Crippen MR) is 98.7 cm³/mol. The number of carbonyl (C=O) groups is 1. The van der Waals surface area contributed by atoms with Crippen molar-refractivity contribution >= 4 is 11.7 Å². The molecule has 0 unspecified atom stereocenters. The second-order valence-electron chi connectivity index (χ2n) is 6.67. The molecule has 0 radical (unpaired) electrons. The summed E-state index contributed by atoms with van der Waals surface area (Å²) in [6.45, 7) is 0.659. The zero-order chi connectivity index (χ0) is 18.1. The van der Waals surface area contributed by atoms with Crippen molar-refractivity contribution in [3.05, 3.63) is 66.1 Å². The van der Waals surface area contributed by atoms with Crippen molar-refractivity contribution in [1.29, 1.82) is 0 Å². The molecule has 2 aromatic heterocycles. The van der Waals surface area contributed by atoms with Crippen LogP contribution in [0.2, 0.25) is 0 Å². The Morgan fingerprint density at radius 1 is 1.23 bits per heavy atom. The van der Waals surface area contributed by atoms with Gasteiger partial charge in [-0.1, -0.05) is 12.1 Å². The van der Waals surface area contributed by atoms with Crippen LogP contribution in [0.3, 0.4) is 0 Å². The largest absolute Gasteiger partial charge is 0.481 e. The Balaban J connectivity index is 1.44. The molecule has 6 nitrogen and oxygen atoms in total. The number of aromatic nitrogens is 3. The van der Waals surface area contributed by atoms with E-state index in [1.54, 1.807) is 12.4 Å². The number of anilines is 1. The van der Waals surface area contributed by atoms with Crippen LogP contribution in [0, 0.1) is 5.92 Å². The van der Waals surface area contributed by atoms with Gasteiger partial charge in [-0.2, -0.15) is 5.10 Å². The number of pyridine rings is 1. The molecule has 2 heterocycles. The lowest BCUT2D eigenvalue weighted by molar-refractivity contribution is -0.138. The number of nitrogens with zero attached hydrogens (tertiary/aromatic N) is 3. The number of benzene rings is 1. The summed E-state index contributed by atoms with van der Waals surface area (Å²) in [7, 11) is 1.91. The van der Waals surface area contributed by atoms with E-state index in [1.807, 2.05) is 54.3 Å². The van der Waals surface area contributed by atoms with Crippen molar-refractivity contribution in [2.24, 2.45) is 13.0 Å². The van der Waals surface area contributed by atoms with Crippen LogP contribution in [0.15, 0.2) is 55.0 Å². The van der Waals surface area contributed by atoms with Gasteiger partial charge in [-0.3, -0.25) is 14.5 Å². The summed E-state index contributed by atoms with van der Waals surface area (Å²) in [5.74, 6) is -0.747. The highest BCUT2D eigenvalue weighted by atomic mass is 16.4. The molecule has 1 fully saturated rings. The van der Waals surface area contributed by atoms with Crippen LogP contribution in [-0.2, 0) is 18.4 Å². The fraction of sp³-hybridized carbons (Fsp3) is 0.250. The summed E-state index contributed by atoms with van der Waals surface area (Å²) in [5.41, 5.74) is 5.20. The van der Waals surface area contributed by atoms with Crippen LogP contribution in [0.1, 0.15) is 23.5 Å². The Hall–Kier alpha value is -3.15. The van der Waals surface area contributed by atoms with Gasteiger partial charge in [0.25, 0.3) is 0 Å². The molecular formula is C20H20N4O2. The summed E-state index contributed by atoms with van der Waals surface area (Å²) in [5, 5.41) is 17.0. The Labute approximate surface area is 151 Å². The van der Waals surface area contributed by atoms with Crippen molar-refractivity contribution in [3.63, 3.8) is 0 Å². The van der Waals surface area contributed by atoms with Crippen molar-refractivity contribution in [2.75, 3.05) is 5.32 Å². The third kappa shape index (κ3) is 3.31. The van der Waals surface area contributed by atoms with Gasteiger partial charge in [-0.25, -0.2) is 0 Å². The maximum Gasteiger partial charge on any atom is 0.307 e. The number of carboxylic acids is 1. The van der Waals surface area contributed by atoms with Gasteiger partial charge in [-0.05, 0) is 42.2 Å². The molecule has 0 bridgehead atoms. The lowest BCUT2D eigenvalue weighted by Gasteiger charge is -2.08. The lowest BCUT2D eigenvalue weighted by Crippen LogP contribution is -2.01. The fourth-order valence-corrected chi connectivity index (χ4v) is 3.30. The van der Waals surface area contributed by atoms with Crippen molar-refractivity contribution in [2.45, 2.75) is 18.9 Å². The van der Waals surface area contributed by atoms with Gasteiger partial charge in [0.2, 0.25) is 0 Å². The topological polar surface area (TPSA) is 80.0 Å². The van der Waals surface area contributed by atoms with E-state index in [2.05, 4.69) is 15.4 Å². The minimum Gasteiger partial charge on any atom is -0.481 e. The highest BCUT2D eigenvalue weighted by Gasteiger charge is 2.43. The molecule has 2 atom stereocenters. The van der Waals surface area contributed by atoms with Crippen LogP contribution in [0.5, 0.6) is 0 Å². The second kappa shape index (κ2) is 6.63. The number of aliphatic carboxylic acids is 1. The Morgan fingerprint density at radius 3 is 2.62 bits per heavy atom. The van der Waals surface area contributed by atoms with Crippen molar-refractivity contribution in [1.82, 2.24) is 14.8 Å². The van der Waals surface area contributed by atoms with Gasteiger partial charge in [0.15, 0.2) is 0 Å². The van der Waals surface area contributed by atoms with Gasteiger partial charge in [0.1, 0.15) is 0 Å². The summed E-state index contributed by atoms with van der Waals surface area (Å²) in [6.07, 6.45) is 6.29. The molecule has 0 spiro atoms. The molecule has 0 saturated heterocycles. The van der Waals surface area contributed by atoms with Gasteiger partial charge < -0.3 is 10.4 Å². The molecule has 4 rings (SSSR count). The highest BCUT2D eigenvalue weighted by Crippen LogP contribution is 2.47. The lowest BCUT2D eigenvalue weighted by atomic mass is 10.1. The van der Waals surface area contributed by atoms with E-state index < -0.39 is 5.97 Å². The first kappa shape index (κ1) is 16.3. The fourth-order valence-electron chi connectivity index (χ4n) is 3.30. The SMILES string of the molecule is Cn1cc(CNc2ccc([C@@H]3C[C@H]3C(=O)O)cc2)c(-c2ccncc2)n1. The minimum absolute atomic E-state index is 0.165. The molecule has 1 saturated carbocycles. The van der Waals surface area contributed by atoms with Crippen molar-refractivity contribution < 1.29 is 9.90 Å². The first-order valence-electron chi connectivity index (χ1n) is 8.61. The summed E-state index contributed by atoms with van der Waals surface area (Å²) in [4.78, 5) is 15.1. The quantitative estimate of drug-likeness (QED) is 0.714. The molecular weight excluding hydrogens is 328 g/mol. The van der Waals surface area contributed by atoms with E-state index >= 15 is 0 Å². The molecule has 26 heavy (non-hydrogen) atoms. The number of hydrogen-bond donors (Lipinski definition) is 2. The van der Waals surface area contributed by atoms with Crippen LogP contribution in [0.4, 0.5) is 5.69 Å². The first-order chi connectivity index (χ1) is 12.6. The van der Waals surface area contributed by atoms with Gasteiger partial charge >= 0.3 is 5.97 Å². The molecule has 1 aromatic carbocycles.